The first-order chi connectivity index (χ1) is 7.29. The molecule has 0 amide bonds. The van der Waals surface area contributed by atoms with E-state index < -0.39 is 5.97 Å². The first kappa shape index (κ1) is 10.7. The molecule has 3 nitrogen and oxygen atoms in total. The average Bonchev–Trinajstić information content (AvgIpc) is 2.72. The molecule has 0 aromatic carbocycles. The Balaban J connectivity index is 2.01. The van der Waals surface area contributed by atoms with Crippen LogP contribution < -0.4 is 0 Å². The lowest BCUT2D eigenvalue weighted by molar-refractivity contribution is -0.145. The van der Waals surface area contributed by atoms with Crippen molar-refractivity contribution in [1.82, 2.24) is 4.90 Å². The van der Waals surface area contributed by atoms with Crippen molar-refractivity contribution in [2.75, 3.05) is 13.1 Å². The quantitative estimate of drug-likeness (QED) is 0.722. The molecule has 3 heteroatoms. The Bertz CT molecular complexity index is 248. The molecule has 15 heavy (non-hydrogen) atoms. The van der Waals surface area contributed by atoms with Crippen molar-refractivity contribution in [3.63, 3.8) is 0 Å². The predicted molar refractivity (Wildman–Crippen MR) is 58.7 cm³/mol. The summed E-state index contributed by atoms with van der Waals surface area (Å²) in [6.45, 7) is 1.63. The smallest absolute Gasteiger partial charge is 0.321 e. The van der Waals surface area contributed by atoms with Gasteiger partial charge in [-0.05, 0) is 18.8 Å². The number of aliphatic carboxylic acids is 1. The number of hydrogen-bond acceptors (Lipinski definition) is 2. The molecular formula is C12H19NO2. The van der Waals surface area contributed by atoms with Crippen LogP contribution >= 0.6 is 0 Å². The Morgan fingerprint density at radius 1 is 1.20 bits per heavy atom. The maximum atomic E-state index is 11.3. The van der Waals surface area contributed by atoms with Crippen LogP contribution in [0.15, 0.2) is 12.2 Å². The van der Waals surface area contributed by atoms with Gasteiger partial charge in [0.1, 0.15) is 6.04 Å². The molecule has 1 aliphatic heterocycles. The van der Waals surface area contributed by atoms with E-state index in [2.05, 4.69) is 17.1 Å². The van der Waals surface area contributed by atoms with Crippen LogP contribution in [-0.4, -0.2) is 35.1 Å². The third-order valence-corrected chi connectivity index (χ3v) is 3.59. The van der Waals surface area contributed by atoms with Crippen molar-refractivity contribution in [1.29, 1.82) is 0 Å². The van der Waals surface area contributed by atoms with E-state index in [1.165, 1.54) is 19.3 Å². The van der Waals surface area contributed by atoms with Crippen LogP contribution in [0.4, 0.5) is 0 Å². The Morgan fingerprint density at radius 3 is 2.33 bits per heavy atom. The minimum atomic E-state index is -0.634. The van der Waals surface area contributed by atoms with Crippen molar-refractivity contribution < 1.29 is 9.90 Å². The zero-order chi connectivity index (χ0) is 10.7. The first-order valence-corrected chi connectivity index (χ1v) is 5.91. The highest BCUT2D eigenvalue weighted by Gasteiger charge is 2.34. The molecule has 1 unspecified atom stereocenters. The van der Waals surface area contributed by atoms with E-state index in [0.717, 1.165) is 25.9 Å². The first-order valence-electron chi connectivity index (χ1n) is 5.91. The summed E-state index contributed by atoms with van der Waals surface area (Å²) in [4.78, 5) is 13.4. The molecule has 2 rings (SSSR count). The zero-order valence-corrected chi connectivity index (χ0v) is 9.06. The van der Waals surface area contributed by atoms with Gasteiger partial charge < -0.3 is 5.11 Å². The molecule has 0 bridgehead atoms. The average molecular weight is 209 g/mol. The van der Waals surface area contributed by atoms with E-state index >= 15 is 0 Å². The van der Waals surface area contributed by atoms with Gasteiger partial charge in [-0.2, -0.15) is 0 Å². The second kappa shape index (κ2) is 4.79. The number of nitrogens with zero attached hydrogens (tertiary/aromatic N) is 1. The highest BCUT2D eigenvalue weighted by molar-refractivity contribution is 5.74. The predicted octanol–water partition coefficient (Wildman–Crippen LogP) is 1.89. The Kier molecular flexibility index (Phi) is 3.41. The normalized spacial score (nSPS) is 25.6. The zero-order valence-electron chi connectivity index (χ0n) is 9.06. The summed E-state index contributed by atoms with van der Waals surface area (Å²) in [6, 6.07) is -0.250. The van der Waals surface area contributed by atoms with Gasteiger partial charge in [0.2, 0.25) is 0 Å². The maximum absolute atomic E-state index is 11.3. The van der Waals surface area contributed by atoms with Gasteiger partial charge in [0, 0.05) is 13.1 Å². The highest BCUT2D eigenvalue weighted by atomic mass is 16.4. The van der Waals surface area contributed by atoms with E-state index in [9.17, 15) is 9.90 Å². The number of carboxylic acid groups (broad SMARTS) is 1. The molecule has 1 aliphatic carbocycles. The molecule has 0 radical (unpaired) electrons. The van der Waals surface area contributed by atoms with E-state index in [-0.39, 0.29) is 6.04 Å². The minimum absolute atomic E-state index is 0.250. The van der Waals surface area contributed by atoms with Crippen LogP contribution in [-0.2, 0) is 4.79 Å². The molecule has 0 saturated heterocycles. The third-order valence-electron chi connectivity index (χ3n) is 3.59. The van der Waals surface area contributed by atoms with Gasteiger partial charge in [-0.1, -0.05) is 31.4 Å². The van der Waals surface area contributed by atoms with Crippen LogP contribution in [0.5, 0.6) is 0 Å². The molecule has 1 heterocycles. The van der Waals surface area contributed by atoms with Gasteiger partial charge in [-0.15, -0.1) is 0 Å². The van der Waals surface area contributed by atoms with E-state index in [0.29, 0.717) is 5.92 Å². The maximum Gasteiger partial charge on any atom is 0.321 e. The van der Waals surface area contributed by atoms with Crippen molar-refractivity contribution >= 4 is 5.97 Å². The van der Waals surface area contributed by atoms with E-state index in [1.807, 2.05) is 0 Å². The van der Waals surface area contributed by atoms with Gasteiger partial charge in [0.05, 0.1) is 0 Å². The molecule has 2 aliphatic rings. The summed E-state index contributed by atoms with van der Waals surface area (Å²) < 4.78 is 0. The van der Waals surface area contributed by atoms with E-state index in [1.54, 1.807) is 0 Å². The fraction of sp³-hybridized carbons (Fsp3) is 0.750. The summed E-state index contributed by atoms with van der Waals surface area (Å²) in [7, 11) is 0. The summed E-state index contributed by atoms with van der Waals surface area (Å²) in [5.41, 5.74) is 0. The largest absolute Gasteiger partial charge is 0.480 e. The fourth-order valence-corrected chi connectivity index (χ4v) is 2.83. The van der Waals surface area contributed by atoms with Crippen LogP contribution in [0.25, 0.3) is 0 Å². The lowest BCUT2D eigenvalue weighted by atomic mass is 9.83. The van der Waals surface area contributed by atoms with Crippen LogP contribution in [0.3, 0.4) is 0 Å². The van der Waals surface area contributed by atoms with Crippen molar-refractivity contribution in [2.45, 2.75) is 38.1 Å². The second-order valence-electron chi connectivity index (χ2n) is 4.61. The SMILES string of the molecule is O=C(O)C(C1CCCCC1)N1CC=CC1. The topological polar surface area (TPSA) is 40.5 Å². The Hall–Kier alpha value is -0.830. The van der Waals surface area contributed by atoms with Crippen LogP contribution in [0.2, 0.25) is 0 Å². The monoisotopic (exact) mass is 209 g/mol. The van der Waals surface area contributed by atoms with Gasteiger partial charge in [-0.25, -0.2) is 0 Å². The van der Waals surface area contributed by atoms with E-state index in [4.69, 9.17) is 0 Å². The second-order valence-corrected chi connectivity index (χ2v) is 4.61. The molecule has 0 aromatic rings. The Labute approximate surface area is 90.8 Å². The molecule has 0 aromatic heterocycles. The molecule has 84 valence electrons. The number of hydrogen-bond donors (Lipinski definition) is 1. The minimum Gasteiger partial charge on any atom is -0.480 e. The highest BCUT2D eigenvalue weighted by Crippen LogP contribution is 2.29. The summed E-state index contributed by atoms with van der Waals surface area (Å²) >= 11 is 0. The van der Waals surface area contributed by atoms with Crippen molar-refractivity contribution in [3.05, 3.63) is 12.2 Å². The Morgan fingerprint density at radius 2 is 1.80 bits per heavy atom. The summed E-state index contributed by atoms with van der Waals surface area (Å²) in [5.74, 6) is -0.262. The number of carbonyl (C=O) groups is 1. The number of carboxylic acids is 1. The van der Waals surface area contributed by atoms with Crippen molar-refractivity contribution in [2.24, 2.45) is 5.92 Å². The molecule has 1 fully saturated rings. The summed E-state index contributed by atoms with van der Waals surface area (Å²) in [5, 5.41) is 9.32. The lowest BCUT2D eigenvalue weighted by Crippen LogP contribution is -2.45. The fourth-order valence-electron chi connectivity index (χ4n) is 2.83. The standard InChI is InChI=1S/C12H19NO2/c14-12(15)11(13-8-4-5-9-13)10-6-2-1-3-7-10/h4-5,10-11H,1-3,6-9H2,(H,14,15). The summed E-state index contributed by atoms with van der Waals surface area (Å²) in [6.07, 6.45) is 10.0. The van der Waals surface area contributed by atoms with Crippen LogP contribution in [0.1, 0.15) is 32.1 Å². The molecule has 0 spiro atoms. The molecular weight excluding hydrogens is 190 g/mol. The molecule has 1 N–H and O–H groups in total. The van der Waals surface area contributed by atoms with Gasteiger partial charge >= 0.3 is 5.97 Å². The third kappa shape index (κ3) is 2.40. The molecule has 1 atom stereocenters. The van der Waals surface area contributed by atoms with Gasteiger partial charge in [-0.3, -0.25) is 9.69 Å². The van der Waals surface area contributed by atoms with Gasteiger partial charge in [0.15, 0.2) is 0 Å². The van der Waals surface area contributed by atoms with Crippen molar-refractivity contribution in [3.8, 4) is 0 Å². The molecule has 1 saturated carbocycles. The lowest BCUT2D eigenvalue weighted by Gasteiger charge is -2.33. The number of rotatable bonds is 3. The van der Waals surface area contributed by atoms with Crippen LogP contribution in [0, 0.1) is 5.92 Å². The van der Waals surface area contributed by atoms with Gasteiger partial charge in [0.25, 0.3) is 0 Å².